The van der Waals surface area contributed by atoms with Crippen LogP contribution < -0.4 is 0 Å². The molecule has 7 heteroatoms. The van der Waals surface area contributed by atoms with Crippen molar-refractivity contribution in [3.8, 4) is 11.5 Å². The molecule has 0 radical (unpaired) electrons. The molecule has 0 unspecified atom stereocenters. The summed E-state index contributed by atoms with van der Waals surface area (Å²) in [6.07, 6.45) is 6.93. The van der Waals surface area contributed by atoms with Gasteiger partial charge in [0.15, 0.2) is 11.5 Å². The molecular formula is C17H14Cl2N2O3. The lowest BCUT2D eigenvalue weighted by atomic mass is 9.98. The average molecular weight is 365 g/mol. The number of carbonyl (C=O) groups is 1. The highest BCUT2D eigenvalue weighted by Crippen LogP contribution is 2.46. The number of carbonyl (C=O) groups excluding carboxylic acids is 1. The van der Waals surface area contributed by atoms with Gasteiger partial charge in [0.05, 0.1) is 10.0 Å². The maximum Gasteiger partial charge on any atom is 0.246 e. The van der Waals surface area contributed by atoms with Crippen molar-refractivity contribution in [3.63, 3.8) is 0 Å². The molecule has 24 heavy (non-hydrogen) atoms. The number of nitrogens with zero attached hydrogens (tertiary/aromatic N) is 2. The van der Waals surface area contributed by atoms with E-state index in [1.165, 1.54) is 6.08 Å². The second kappa shape index (κ2) is 6.71. The van der Waals surface area contributed by atoms with Crippen molar-refractivity contribution in [3.05, 3.63) is 57.3 Å². The summed E-state index contributed by atoms with van der Waals surface area (Å²) in [5, 5.41) is 19.7. The topological polar surface area (TPSA) is 73.7 Å². The SMILES string of the molecule is O=C(C=Cc1cccnc1)N1CCc2c(Cl)c(O)c(O)c(Cl)c2C1. The normalized spacial score (nSPS) is 14.0. The monoisotopic (exact) mass is 364 g/mol. The molecule has 2 N–H and O–H groups in total. The van der Waals surface area contributed by atoms with Crippen molar-refractivity contribution >= 4 is 35.2 Å². The quantitative estimate of drug-likeness (QED) is 0.632. The number of fused-ring (bicyclic) bond motifs is 1. The molecule has 2 aromatic rings. The number of aromatic nitrogens is 1. The van der Waals surface area contributed by atoms with Crippen LogP contribution in [-0.2, 0) is 17.8 Å². The zero-order valence-electron chi connectivity index (χ0n) is 12.5. The van der Waals surface area contributed by atoms with Gasteiger partial charge in [-0.05, 0) is 35.3 Å². The second-order valence-corrected chi connectivity index (χ2v) is 6.17. The van der Waals surface area contributed by atoms with Gasteiger partial charge in [0.2, 0.25) is 5.91 Å². The average Bonchev–Trinajstić information content (AvgIpc) is 2.63. The summed E-state index contributed by atoms with van der Waals surface area (Å²) >= 11 is 12.2. The van der Waals surface area contributed by atoms with E-state index < -0.39 is 11.5 Å². The van der Waals surface area contributed by atoms with Crippen molar-refractivity contribution < 1.29 is 15.0 Å². The van der Waals surface area contributed by atoms with Crippen molar-refractivity contribution in [1.29, 1.82) is 0 Å². The van der Waals surface area contributed by atoms with Gasteiger partial charge in [-0.1, -0.05) is 29.3 Å². The number of hydrogen-bond acceptors (Lipinski definition) is 4. The fraction of sp³-hybridized carbons (Fsp3) is 0.176. The minimum absolute atomic E-state index is 0.0284. The Morgan fingerprint density at radius 1 is 1.21 bits per heavy atom. The van der Waals surface area contributed by atoms with E-state index in [2.05, 4.69) is 4.98 Å². The molecule has 1 aromatic heterocycles. The summed E-state index contributed by atoms with van der Waals surface area (Å²) in [4.78, 5) is 17.9. The van der Waals surface area contributed by atoms with E-state index in [0.717, 1.165) is 5.56 Å². The van der Waals surface area contributed by atoms with E-state index in [1.807, 2.05) is 6.07 Å². The summed E-state index contributed by atoms with van der Waals surface area (Å²) in [5.74, 6) is -1.05. The van der Waals surface area contributed by atoms with Crippen LogP contribution in [0.15, 0.2) is 30.6 Å². The second-order valence-electron chi connectivity index (χ2n) is 5.41. The van der Waals surface area contributed by atoms with E-state index in [4.69, 9.17) is 23.2 Å². The van der Waals surface area contributed by atoms with Crippen LogP contribution in [0.4, 0.5) is 0 Å². The van der Waals surface area contributed by atoms with Crippen LogP contribution in [0.3, 0.4) is 0 Å². The minimum atomic E-state index is -0.458. The molecular weight excluding hydrogens is 351 g/mol. The van der Waals surface area contributed by atoms with Crippen LogP contribution in [0.1, 0.15) is 16.7 Å². The molecule has 0 saturated heterocycles. The maximum absolute atomic E-state index is 12.4. The van der Waals surface area contributed by atoms with Crippen LogP contribution in [-0.4, -0.2) is 32.5 Å². The van der Waals surface area contributed by atoms with Crippen LogP contribution in [0.2, 0.25) is 10.0 Å². The highest BCUT2D eigenvalue weighted by atomic mass is 35.5. The molecule has 1 aromatic carbocycles. The number of phenols is 2. The van der Waals surface area contributed by atoms with Crippen molar-refractivity contribution in [1.82, 2.24) is 9.88 Å². The van der Waals surface area contributed by atoms with E-state index in [-0.39, 0.29) is 22.5 Å². The molecule has 3 rings (SSSR count). The number of benzene rings is 1. The molecule has 1 amide bonds. The molecule has 1 aliphatic rings. The molecule has 0 aliphatic carbocycles. The van der Waals surface area contributed by atoms with Crippen molar-refractivity contribution in [2.24, 2.45) is 0 Å². The number of rotatable bonds is 2. The lowest BCUT2D eigenvalue weighted by molar-refractivity contribution is -0.126. The Labute approximate surface area is 148 Å². The summed E-state index contributed by atoms with van der Waals surface area (Å²) < 4.78 is 0. The van der Waals surface area contributed by atoms with Crippen molar-refractivity contribution in [2.75, 3.05) is 6.54 Å². The molecule has 2 heterocycles. The first kappa shape index (κ1) is 16.6. The predicted octanol–water partition coefficient (Wildman–Crippen LogP) is 3.40. The lowest BCUT2D eigenvalue weighted by Crippen LogP contribution is -2.35. The summed E-state index contributed by atoms with van der Waals surface area (Å²) in [6, 6.07) is 3.64. The van der Waals surface area contributed by atoms with Gasteiger partial charge in [0.1, 0.15) is 0 Å². The Morgan fingerprint density at radius 3 is 2.58 bits per heavy atom. The van der Waals surface area contributed by atoms with Crippen LogP contribution in [0.25, 0.3) is 6.08 Å². The summed E-state index contributed by atoms with van der Waals surface area (Å²) in [7, 11) is 0. The molecule has 0 spiro atoms. The Kier molecular flexibility index (Phi) is 4.64. The molecule has 0 fully saturated rings. The third kappa shape index (κ3) is 3.05. The first-order valence-corrected chi connectivity index (χ1v) is 8.02. The largest absolute Gasteiger partial charge is 0.503 e. The number of amides is 1. The summed E-state index contributed by atoms with van der Waals surface area (Å²) in [5.41, 5.74) is 2.05. The van der Waals surface area contributed by atoms with E-state index in [9.17, 15) is 15.0 Å². The zero-order valence-corrected chi connectivity index (χ0v) is 14.1. The highest BCUT2D eigenvalue weighted by molar-refractivity contribution is 6.36. The molecule has 0 saturated carbocycles. The van der Waals surface area contributed by atoms with Crippen LogP contribution in [0, 0.1) is 0 Å². The Bertz CT molecular complexity index is 823. The molecule has 0 atom stereocenters. The first-order chi connectivity index (χ1) is 11.5. The lowest BCUT2D eigenvalue weighted by Gasteiger charge is -2.30. The Hall–Kier alpha value is -2.24. The summed E-state index contributed by atoms with van der Waals surface area (Å²) in [6.45, 7) is 0.668. The number of hydrogen-bond donors (Lipinski definition) is 2. The van der Waals surface area contributed by atoms with Gasteiger partial charge in [-0.15, -0.1) is 0 Å². The highest BCUT2D eigenvalue weighted by Gasteiger charge is 2.27. The molecule has 0 bridgehead atoms. The third-order valence-electron chi connectivity index (χ3n) is 3.93. The van der Waals surface area contributed by atoms with E-state index in [0.29, 0.717) is 24.1 Å². The smallest absolute Gasteiger partial charge is 0.246 e. The molecule has 5 nitrogen and oxygen atoms in total. The van der Waals surface area contributed by atoms with E-state index in [1.54, 1.807) is 29.4 Å². The standard InChI is InChI=1S/C17H14Cl2N2O3/c18-14-11-5-7-21(9-12(11)15(19)17(24)16(14)23)13(22)4-3-10-2-1-6-20-8-10/h1-4,6,8,23-24H,5,7,9H2. The van der Waals surface area contributed by atoms with Gasteiger partial charge in [-0.25, -0.2) is 0 Å². The maximum atomic E-state index is 12.4. The molecule has 1 aliphatic heterocycles. The van der Waals surface area contributed by atoms with Crippen LogP contribution >= 0.6 is 23.2 Å². The third-order valence-corrected chi connectivity index (χ3v) is 4.74. The first-order valence-electron chi connectivity index (χ1n) is 7.26. The number of phenolic OH excluding ortho intramolecular Hbond substituents is 2. The van der Waals surface area contributed by atoms with Gasteiger partial charge < -0.3 is 15.1 Å². The van der Waals surface area contributed by atoms with Gasteiger partial charge in [0, 0.05) is 31.6 Å². The number of halogens is 2. The fourth-order valence-electron chi connectivity index (χ4n) is 2.64. The molecule has 124 valence electrons. The number of aromatic hydroxyl groups is 2. The Morgan fingerprint density at radius 2 is 1.92 bits per heavy atom. The van der Waals surface area contributed by atoms with Crippen LogP contribution in [0.5, 0.6) is 11.5 Å². The van der Waals surface area contributed by atoms with Gasteiger partial charge >= 0.3 is 0 Å². The van der Waals surface area contributed by atoms with Gasteiger partial charge in [0.25, 0.3) is 0 Å². The minimum Gasteiger partial charge on any atom is -0.503 e. The Balaban J connectivity index is 1.82. The van der Waals surface area contributed by atoms with Crippen molar-refractivity contribution in [2.45, 2.75) is 13.0 Å². The zero-order chi connectivity index (χ0) is 17.3. The number of pyridine rings is 1. The van der Waals surface area contributed by atoms with E-state index >= 15 is 0 Å². The fourth-order valence-corrected chi connectivity index (χ4v) is 3.20. The van der Waals surface area contributed by atoms with Gasteiger partial charge in [-0.3, -0.25) is 9.78 Å². The van der Waals surface area contributed by atoms with Gasteiger partial charge in [-0.2, -0.15) is 0 Å². The predicted molar refractivity (Wildman–Crippen MR) is 92.2 cm³/mol.